The van der Waals surface area contributed by atoms with Crippen LogP contribution in [-0.4, -0.2) is 49.8 Å². The fraction of sp³-hybridized carbons (Fsp3) is 0.429. The number of fused-ring (bicyclic) bond motifs is 1. The Hall–Kier alpha value is -2.20. The Bertz CT molecular complexity index is 910. The average molecular weight is 361 g/mol. The molecule has 0 aromatic heterocycles. The van der Waals surface area contributed by atoms with E-state index in [2.05, 4.69) is 4.74 Å². The highest BCUT2D eigenvalue weighted by atomic mass is 32.2. The first-order chi connectivity index (χ1) is 12.4. The van der Waals surface area contributed by atoms with Crippen LogP contribution < -0.4 is 9.46 Å². The number of carboxylic acids is 1. The fourth-order valence-electron chi connectivity index (χ4n) is 2.77. The first-order valence-electron chi connectivity index (χ1n) is 8.45. The van der Waals surface area contributed by atoms with E-state index in [0.717, 1.165) is 10.7 Å². The van der Waals surface area contributed by atoms with Crippen molar-refractivity contribution in [3.8, 4) is 5.75 Å². The van der Waals surface area contributed by atoms with Gasteiger partial charge in [0.25, 0.3) is 5.91 Å². The number of benzene rings is 1. The first-order valence-corrected chi connectivity index (χ1v) is 8.39. The molecule has 0 bridgehead atoms. The number of hydrogen-bond acceptors (Lipinski definition) is 5. The zero-order valence-electron chi connectivity index (χ0n) is 15.2. The van der Waals surface area contributed by atoms with Crippen molar-refractivity contribution in [3.05, 3.63) is 29.1 Å². The van der Waals surface area contributed by atoms with Gasteiger partial charge in [0.15, 0.2) is 0 Å². The van der Waals surface area contributed by atoms with Gasteiger partial charge in [-0.05, 0) is 30.4 Å². The predicted molar refractivity (Wildman–Crippen MR) is 79.5 cm³/mol. The number of halogens is 1. The highest BCUT2D eigenvalue weighted by Gasteiger charge is 2.49. The van der Waals surface area contributed by atoms with Crippen molar-refractivity contribution in [1.29, 1.82) is 0 Å². The summed E-state index contributed by atoms with van der Waals surface area (Å²) in [7, 11) is -7.28. The van der Waals surface area contributed by atoms with Gasteiger partial charge in [-0.3, -0.25) is 4.79 Å². The molecule has 1 saturated heterocycles. The molecule has 1 aromatic rings. The van der Waals surface area contributed by atoms with Crippen molar-refractivity contribution < 1.29 is 36.4 Å². The lowest BCUT2D eigenvalue weighted by molar-refractivity contribution is 0.0690. The van der Waals surface area contributed by atoms with Gasteiger partial charge in [0.2, 0.25) is 0 Å². The fourth-order valence-corrected chi connectivity index (χ4v) is 4.02. The molecule has 1 heterocycles. The monoisotopic (exact) mass is 361 g/mol. The summed E-state index contributed by atoms with van der Waals surface area (Å²) in [4.78, 5) is 23.4. The van der Waals surface area contributed by atoms with E-state index in [4.69, 9.17) is 9.22 Å². The van der Waals surface area contributed by atoms with E-state index in [1.165, 1.54) is 0 Å². The molecule has 10 heteroatoms. The summed E-state index contributed by atoms with van der Waals surface area (Å²) in [6.45, 7) is 0.524. The standard InChI is InChI=1S/C14H15FN2O6S/c1-23-12-4-9(14(19)20)11(15)3-10(12)13(18)16-24(21,22)17-5-7-2-8(7)6-17/h3-4,7-8H,2,5-6H2,1H3,(H,16,18)(H,19,20)/i1D3. The number of rotatable bonds is 5. The molecule has 8 nitrogen and oxygen atoms in total. The van der Waals surface area contributed by atoms with Gasteiger partial charge in [0.05, 0.1) is 22.3 Å². The normalized spacial score (nSPS) is 25.1. The summed E-state index contributed by atoms with van der Waals surface area (Å²) in [6, 6.07) is 0.952. The zero-order valence-corrected chi connectivity index (χ0v) is 13.0. The molecule has 2 aliphatic rings. The summed E-state index contributed by atoms with van der Waals surface area (Å²) in [5, 5.41) is 8.94. The number of amides is 1. The third kappa shape index (κ3) is 2.94. The van der Waals surface area contributed by atoms with Crippen LogP contribution in [0.1, 0.15) is 31.2 Å². The van der Waals surface area contributed by atoms with Crippen molar-refractivity contribution in [3.63, 3.8) is 0 Å². The maximum atomic E-state index is 13.9. The second-order valence-electron chi connectivity index (χ2n) is 5.74. The van der Waals surface area contributed by atoms with Crippen LogP contribution in [0, 0.1) is 17.7 Å². The van der Waals surface area contributed by atoms with E-state index >= 15 is 0 Å². The lowest BCUT2D eigenvalue weighted by Gasteiger charge is -2.18. The van der Waals surface area contributed by atoms with Gasteiger partial charge in [-0.25, -0.2) is 13.9 Å². The molecule has 1 saturated carbocycles. The van der Waals surface area contributed by atoms with Crippen LogP contribution in [-0.2, 0) is 10.2 Å². The Kier molecular flexibility index (Phi) is 3.12. The molecule has 1 amide bonds. The van der Waals surface area contributed by atoms with Crippen LogP contribution >= 0.6 is 0 Å². The van der Waals surface area contributed by atoms with E-state index in [9.17, 15) is 22.4 Å². The number of ether oxygens (including phenoxy) is 1. The topological polar surface area (TPSA) is 113 Å². The molecular weight excluding hydrogens is 343 g/mol. The van der Waals surface area contributed by atoms with Gasteiger partial charge in [-0.15, -0.1) is 0 Å². The van der Waals surface area contributed by atoms with Crippen molar-refractivity contribution >= 4 is 22.1 Å². The number of methoxy groups -OCH3 is 1. The number of carboxylic acid groups (broad SMARTS) is 1. The number of carbonyl (C=O) groups is 2. The predicted octanol–water partition coefficient (Wildman–Crippen LogP) is 0.459. The van der Waals surface area contributed by atoms with Crippen LogP contribution in [0.4, 0.5) is 4.39 Å². The lowest BCUT2D eigenvalue weighted by Crippen LogP contribution is -2.43. The maximum Gasteiger partial charge on any atom is 0.338 e. The minimum atomic E-state index is -4.21. The first kappa shape index (κ1) is 13.1. The van der Waals surface area contributed by atoms with Gasteiger partial charge in [0, 0.05) is 13.1 Å². The largest absolute Gasteiger partial charge is 0.496 e. The second kappa shape index (κ2) is 5.71. The molecule has 1 aromatic carbocycles. The highest BCUT2D eigenvalue weighted by molar-refractivity contribution is 7.87. The number of hydrogen-bond donors (Lipinski definition) is 2. The second-order valence-corrected chi connectivity index (χ2v) is 7.42. The zero-order chi connectivity index (χ0) is 20.1. The van der Waals surface area contributed by atoms with Crippen molar-refractivity contribution in [1.82, 2.24) is 9.03 Å². The molecular formula is C14H15FN2O6S. The number of nitrogens with zero attached hydrogens (tertiary/aromatic N) is 1. The number of piperidine rings is 1. The minimum absolute atomic E-state index is 0.262. The van der Waals surface area contributed by atoms with Gasteiger partial charge in [-0.1, -0.05) is 0 Å². The molecule has 2 unspecified atom stereocenters. The van der Waals surface area contributed by atoms with E-state index in [-0.39, 0.29) is 24.9 Å². The lowest BCUT2D eigenvalue weighted by atomic mass is 10.1. The SMILES string of the molecule is [2H]C([2H])([2H])Oc1cc(C(=O)O)c(F)cc1C(=O)NS(=O)(=O)N1CC2CC2C1. The summed E-state index contributed by atoms with van der Waals surface area (Å²) in [6.07, 6.45) is 0.929. The summed E-state index contributed by atoms with van der Waals surface area (Å²) in [5.74, 6) is -4.63. The molecule has 2 N–H and O–H groups in total. The Labute approximate surface area is 141 Å². The van der Waals surface area contributed by atoms with E-state index < -0.39 is 51.8 Å². The molecule has 1 aliphatic heterocycles. The Morgan fingerprint density at radius 2 is 2.04 bits per heavy atom. The van der Waals surface area contributed by atoms with Crippen molar-refractivity contribution in [2.75, 3.05) is 20.1 Å². The molecule has 0 spiro atoms. The van der Waals surface area contributed by atoms with Crippen LogP contribution in [0.25, 0.3) is 0 Å². The average Bonchev–Trinajstić information content (AvgIpc) is 3.12. The smallest absolute Gasteiger partial charge is 0.338 e. The molecule has 2 fully saturated rings. The van der Waals surface area contributed by atoms with Crippen LogP contribution in [0.2, 0.25) is 0 Å². The molecule has 3 rings (SSSR count). The van der Waals surface area contributed by atoms with Crippen molar-refractivity contribution in [2.24, 2.45) is 11.8 Å². The third-order valence-electron chi connectivity index (χ3n) is 4.16. The summed E-state index contributed by atoms with van der Waals surface area (Å²) >= 11 is 0. The van der Waals surface area contributed by atoms with Crippen molar-refractivity contribution in [2.45, 2.75) is 6.42 Å². The Morgan fingerprint density at radius 3 is 2.62 bits per heavy atom. The molecule has 130 valence electrons. The Morgan fingerprint density at radius 1 is 1.38 bits per heavy atom. The summed E-state index contributed by atoms with van der Waals surface area (Å²) < 4.78 is 67.2. The molecule has 1 aliphatic carbocycles. The quantitative estimate of drug-likeness (QED) is 0.788. The van der Waals surface area contributed by atoms with Gasteiger partial charge < -0.3 is 9.84 Å². The molecule has 0 radical (unpaired) electrons. The number of nitrogens with one attached hydrogen (secondary N) is 1. The highest BCUT2D eigenvalue weighted by Crippen LogP contribution is 2.45. The van der Waals surface area contributed by atoms with Gasteiger partial charge in [-0.2, -0.15) is 12.7 Å². The van der Waals surface area contributed by atoms with Crippen LogP contribution in [0.5, 0.6) is 5.75 Å². The maximum absolute atomic E-state index is 13.9. The van der Waals surface area contributed by atoms with E-state index in [1.54, 1.807) is 4.72 Å². The minimum Gasteiger partial charge on any atom is -0.496 e. The third-order valence-corrected chi connectivity index (χ3v) is 5.58. The van der Waals surface area contributed by atoms with Crippen LogP contribution in [0.3, 0.4) is 0 Å². The molecule has 24 heavy (non-hydrogen) atoms. The summed E-state index contributed by atoms with van der Waals surface area (Å²) in [5.41, 5.74) is -1.67. The van der Waals surface area contributed by atoms with Gasteiger partial charge >= 0.3 is 16.2 Å². The van der Waals surface area contributed by atoms with E-state index in [0.29, 0.717) is 12.1 Å². The number of aromatic carboxylic acids is 1. The van der Waals surface area contributed by atoms with Crippen LogP contribution in [0.15, 0.2) is 12.1 Å². The molecule has 2 atom stereocenters. The van der Waals surface area contributed by atoms with Gasteiger partial charge in [0.1, 0.15) is 11.6 Å². The Balaban J connectivity index is 1.90. The van der Waals surface area contributed by atoms with E-state index in [1.807, 2.05) is 0 Å². The number of carbonyl (C=O) groups excluding carboxylic acids is 1.